The molecule has 1 rings (SSSR count). The van der Waals surface area contributed by atoms with Crippen molar-refractivity contribution in [1.29, 1.82) is 0 Å². The molecule has 0 saturated heterocycles. The molecule has 0 amide bonds. The monoisotopic (exact) mass is 200 g/mol. The zero-order valence-electron chi connectivity index (χ0n) is 8.13. The van der Waals surface area contributed by atoms with Crippen molar-refractivity contribution in [1.82, 2.24) is 0 Å². The minimum Gasteiger partial charge on any atom is -0.396 e. The Morgan fingerprint density at radius 3 is 2.64 bits per heavy atom. The maximum atomic E-state index is 13.2. The van der Waals surface area contributed by atoms with Gasteiger partial charge in [-0.3, -0.25) is 0 Å². The van der Waals surface area contributed by atoms with Crippen LogP contribution in [-0.4, -0.2) is 11.7 Å². The Kier molecular flexibility index (Phi) is 4.01. The van der Waals surface area contributed by atoms with Gasteiger partial charge in [-0.15, -0.1) is 0 Å². The smallest absolute Gasteiger partial charge is 0.126 e. The van der Waals surface area contributed by atoms with Gasteiger partial charge in [0.1, 0.15) is 11.6 Å². The Balaban J connectivity index is 2.79. The van der Waals surface area contributed by atoms with Crippen LogP contribution in [0, 0.1) is 17.6 Å². The fourth-order valence-electron chi connectivity index (χ4n) is 1.35. The molecular weight excluding hydrogens is 186 g/mol. The summed E-state index contributed by atoms with van der Waals surface area (Å²) in [6.45, 7) is 1.92. The van der Waals surface area contributed by atoms with Gasteiger partial charge in [0.15, 0.2) is 0 Å². The van der Waals surface area contributed by atoms with Gasteiger partial charge in [0, 0.05) is 6.61 Å². The molecule has 0 aliphatic heterocycles. The molecule has 0 heterocycles. The molecule has 3 heteroatoms. The molecule has 0 aromatic heterocycles. The van der Waals surface area contributed by atoms with Crippen molar-refractivity contribution in [3.63, 3.8) is 0 Å². The van der Waals surface area contributed by atoms with E-state index in [-0.39, 0.29) is 12.5 Å². The van der Waals surface area contributed by atoms with Crippen molar-refractivity contribution in [3.8, 4) is 0 Å². The van der Waals surface area contributed by atoms with Crippen LogP contribution in [0.2, 0.25) is 0 Å². The first-order chi connectivity index (χ1) is 6.67. The van der Waals surface area contributed by atoms with Crippen molar-refractivity contribution in [2.45, 2.75) is 19.8 Å². The van der Waals surface area contributed by atoms with E-state index >= 15 is 0 Å². The lowest BCUT2D eigenvalue weighted by atomic mass is 9.97. The van der Waals surface area contributed by atoms with Crippen molar-refractivity contribution in [2.24, 2.45) is 5.92 Å². The van der Waals surface area contributed by atoms with E-state index in [0.29, 0.717) is 12.0 Å². The van der Waals surface area contributed by atoms with Crippen LogP contribution in [-0.2, 0) is 6.42 Å². The van der Waals surface area contributed by atoms with Crippen LogP contribution in [0.3, 0.4) is 0 Å². The van der Waals surface area contributed by atoms with Gasteiger partial charge in [0.2, 0.25) is 0 Å². The van der Waals surface area contributed by atoms with Crippen molar-refractivity contribution >= 4 is 0 Å². The molecule has 0 aliphatic carbocycles. The first-order valence-electron chi connectivity index (χ1n) is 4.72. The third kappa shape index (κ3) is 2.77. The van der Waals surface area contributed by atoms with Gasteiger partial charge >= 0.3 is 0 Å². The molecule has 0 radical (unpaired) electrons. The predicted octanol–water partition coefficient (Wildman–Crippen LogP) is 2.53. The van der Waals surface area contributed by atoms with Gasteiger partial charge in [0.25, 0.3) is 0 Å². The van der Waals surface area contributed by atoms with E-state index in [2.05, 4.69) is 0 Å². The summed E-state index contributed by atoms with van der Waals surface area (Å²) in [6, 6.07) is 3.40. The Hall–Kier alpha value is -0.960. The van der Waals surface area contributed by atoms with Gasteiger partial charge in [0.05, 0.1) is 0 Å². The van der Waals surface area contributed by atoms with Gasteiger partial charge in [-0.2, -0.15) is 0 Å². The summed E-state index contributed by atoms with van der Waals surface area (Å²) in [6.07, 6.45) is 1.14. The SMILES string of the molecule is CCC(CO)Cc1cc(F)ccc1F. The van der Waals surface area contributed by atoms with Crippen LogP contribution in [0.4, 0.5) is 8.78 Å². The molecule has 0 saturated carbocycles. The van der Waals surface area contributed by atoms with Crippen molar-refractivity contribution < 1.29 is 13.9 Å². The second-order valence-corrected chi connectivity index (χ2v) is 3.40. The molecule has 0 spiro atoms. The van der Waals surface area contributed by atoms with E-state index < -0.39 is 11.6 Å². The Bertz CT molecular complexity index is 295. The maximum Gasteiger partial charge on any atom is 0.126 e. The molecule has 0 fully saturated rings. The summed E-state index contributed by atoms with van der Waals surface area (Å²) in [5, 5.41) is 8.93. The van der Waals surface area contributed by atoms with E-state index in [4.69, 9.17) is 5.11 Å². The lowest BCUT2D eigenvalue weighted by Crippen LogP contribution is -2.09. The van der Waals surface area contributed by atoms with Gasteiger partial charge < -0.3 is 5.11 Å². The first kappa shape index (κ1) is 11.1. The number of benzene rings is 1. The Morgan fingerprint density at radius 1 is 1.36 bits per heavy atom. The van der Waals surface area contributed by atoms with Gasteiger partial charge in [-0.05, 0) is 36.1 Å². The van der Waals surface area contributed by atoms with E-state index in [9.17, 15) is 8.78 Å². The molecule has 1 N–H and O–H groups in total. The zero-order valence-corrected chi connectivity index (χ0v) is 8.13. The van der Waals surface area contributed by atoms with Crippen molar-refractivity contribution in [3.05, 3.63) is 35.4 Å². The number of aliphatic hydroxyl groups excluding tert-OH is 1. The Morgan fingerprint density at radius 2 is 2.07 bits per heavy atom. The normalized spacial score (nSPS) is 12.9. The van der Waals surface area contributed by atoms with E-state index in [0.717, 1.165) is 18.6 Å². The highest BCUT2D eigenvalue weighted by molar-refractivity contribution is 5.19. The molecule has 0 bridgehead atoms. The predicted molar refractivity (Wildman–Crippen MR) is 50.9 cm³/mol. The summed E-state index contributed by atoms with van der Waals surface area (Å²) < 4.78 is 25.9. The lowest BCUT2D eigenvalue weighted by Gasteiger charge is -2.11. The molecule has 14 heavy (non-hydrogen) atoms. The summed E-state index contributed by atoms with van der Waals surface area (Å²) in [4.78, 5) is 0. The number of rotatable bonds is 4. The van der Waals surface area contributed by atoms with Crippen LogP contribution in [0.1, 0.15) is 18.9 Å². The second-order valence-electron chi connectivity index (χ2n) is 3.40. The van der Waals surface area contributed by atoms with Crippen LogP contribution in [0.5, 0.6) is 0 Å². The molecular formula is C11H14F2O. The highest BCUT2D eigenvalue weighted by Crippen LogP contribution is 2.16. The third-order valence-electron chi connectivity index (χ3n) is 2.35. The average molecular weight is 200 g/mol. The number of halogens is 2. The summed E-state index contributed by atoms with van der Waals surface area (Å²) >= 11 is 0. The molecule has 0 aliphatic rings. The molecule has 1 aromatic rings. The van der Waals surface area contributed by atoms with Crippen LogP contribution in [0.25, 0.3) is 0 Å². The molecule has 1 atom stereocenters. The Labute approximate surface area is 82.4 Å². The highest BCUT2D eigenvalue weighted by atomic mass is 19.1. The topological polar surface area (TPSA) is 20.2 Å². The molecule has 78 valence electrons. The summed E-state index contributed by atoms with van der Waals surface area (Å²) in [7, 11) is 0. The van der Waals surface area contributed by atoms with Crippen molar-refractivity contribution in [2.75, 3.05) is 6.61 Å². The van der Waals surface area contributed by atoms with Crippen LogP contribution >= 0.6 is 0 Å². The van der Waals surface area contributed by atoms with Gasteiger partial charge in [-0.1, -0.05) is 13.3 Å². The summed E-state index contributed by atoms with van der Waals surface area (Å²) in [5.74, 6) is -0.834. The zero-order chi connectivity index (χ0) is 10.6. The standard InChI is InChI=1S/C11H14F2O/c1-2-8(7-14)5-9-6-10(12)3-4-11(9)13/h3-4,6,8,14H,2,5,7H2,1H3. The van der Waals surface area contributed by atoms with E-state index in [1.165, 1.54) is 6.07 Å². The van der Waals surface area contributed by atoms with Gasteiger partial charge in [-0.25, -0.2) is 8.78 Å². The number of hydrogen-bond acceptors (Lipinski definition) is 1. The molecule has 1 unspecified atom stereocenters. The third-order valence-corrected chi connectivity index (χ3v) is 2.35. The van der Waals surface area contributed by atoms with E-state index in [1.54, 1.807) is 0 Å². The highest BCUT2D eigenvalue weighted by Gasteiger charge is 2.10. The lowest BCUT2D eigenvalue weighted by molar-refractivity contribution is 0.221. The number of aliphatic hydroxyl groups is 1. The quantitative estimate of drug-likeness (QED) is 0.791. The fraction of sp³-hybridized carbons (Fsp3) is 0.455. The second kappa shape index (κ2) is 5.05. The van der Waals surface area contributed by atoms with Crippen LogP contribution in [0.15, 0.2) is 18.2 Å². The van der Waals surface area contributed by atoms with Crippen LogP contribution < -0.4 is 0 Å². The van der Waals surface area contributed by atoms with E-state index in [1.807, 2.05) is 6.92 Å². The molecule has 1 nitrogen and oxygen atoms in total. The largest absolute Gasteiger partial charge is 0.396 e. The average Bonchev–Trinajstić information content (AvgIpc) is 2.19. The minimum atomic E-state index is -0.436. The minimum absolute atomic E-state index is 0.00583. The first-order valence-corrected chi connectivity index (χ1v) is 4.72. The molecule has 1 aromatic carbocycles. The maximum absolute atomic E-state index is 13.2. The fourth-order valence-corrected chi connectivity index (χ4v) is 1.35. The number of hydrogen-bond donors (Lipinski definition) is 1. The summed E-state index contributed by atoms with van der Waals surface area (Å²) in [5.41, 5.74) is 0.339.